The number of benzene rings is 2. The Morgan fingerprint density at radius 2 is 1.75 bits per heavy atom. The summed E-state index contributed by atoms with van der Waals surface area (Å²) < 4.78 is 12.8. The lowest BCUT2D eigenvalue weighted by Gasteiger charge is -2.09. The van der Waals surface area contributed by atoms with Crippen molar-refractivity contribution >= 4 is 29.0 Å². The van der Waals surface area contributed by atoms with E-state index < -0.39 is 17.5 Å². The second-order valence-corrected chi connectivity index (χ2v) is 4.92. The first-order valence-corrected chi connectivity index (χ1v) is 6.43. The van der Waals surface area contributed by atoms with Crippen LogP contribution in [0, 0.1) is 17.1 Å². The number of Topliss-reactive ketones (excluding diaryl/α,β-unsaturated/α-hetero) is 1. The second-order valence-electron chi connectivity index (χ2n) is 4.11. The van der Waals surface area contributed by atoms with Crippen LogP contribution in [0.15, 0.2) is 42.5 Å². The molecule has 20 heavy (non-hydrogen) atoms. The number of nitrogens with zero attached hydrogens (tertiary/aromatic N) is 1. The summed E-state index contributed by atoms with van der Waals surface area (Å²) in [6.07, 6.45) is 0. The van der Waals surface area contributed by atoms with Crippen LogP contribution in [0.5, 0.6) is 0 Å². The SMILES string of the molecule is N#CC(C(=O)c1ccc(F)cc1)c1ccc(Cl)c(Cl)c1. The Bertz CT molecular complexity index is 692. The summed E-state index contributed by atoms with van der Waals surface area (Å²) in [5, 5.41) is 9.83. The average molecular weight is 308 g/mol. The van der Waals surface area contributed by atoms with Gasteiger partial charge < -0.3 is 0 Å². The van der Waals surface area contributed by atoms with Crippen LogP contribution in [0.4, 0.5) is 4.39 Å². The number of carbonyl (C=O) groups is 1. The zero-order chi connectivity index (χ0) is 14.7. The number of halogens is 3. The van der Waals surface area contributed by atoms with E-state index in [1.165, 1.54) is 36.4 Å². The van der Waals surface area contributed by atoms with Gasteiger partial charge >= 0.3 is 0 Å². The normalized spacial score (nSPS) is 11.7. The molecular formula is C15H8Cl2FNO. The highest BCUT2D eigenvalue weighted by Crippen LogP contribution is 2.28. The Labute approximate surface area is 125 Å². The van der Waals surface area contributed by atoms with Crippen LogP contribution < -0.4 is 0 Å². The number of ketones is 1. The molecule has 0 aliphatic heterocycles. The minimum absolute atomic E-state index is 0.268. The highest BCUT2D eigenvalue weighted by molar-refractivity contribution is 6.42. The number of nitriles is 1. The van der Waals surface area contributed by atoms with Crippen molar-refractivity contribution in [2.75, 3.05) is 0 Å². The van der Waals surface area contributed by atoms with E-state index in [0.29, 0.717) is 10.6 Å². The first kappa shape index (κ1) is 14.5. The van der Waals surface area contributed by atoms with Crippen molar-refractivity contribution in [1.82, 2.24) is 0 Å². The van der Waals surface area contributed by atoms with Gasteiger partial charge in [0.05, 0.1) is 16.1 Å². The lowest BCUT2D eigenvalue weighted by Crippen LogP contribution is -2.11. The van der Waals surface area contributed by atoms with E-state index in [9.17, 15) is 14.4 Å². The largest absolute Gasteiger partial charge is 0.292 e. The molecular weight excluding hydrogens is 300 g/mol. The van der Waals surface area contributed by atoms with E-state index in [1.54, 1.807) is 6.07 Å². The molecule has 0 aliphatic rings. The van der Waals surface area contributed by atoms with Crippen molar-refractivity contribution < 1.29 is 9.18 Å². The van der Waals surface area contributed by atoms with Gasteiger partial charge in [0.25, 0.3) is 0 Å². The minimum Gasteiger partial charge on any atom is -0.292 e. The van der Waals surface area contributed by atoms with E-state index >= 15 is 0 Å². The van der Waals surface area contributed by atoms with Gasteiger partial charge in [-0.25, -0.2) is 4.39 Å². The van der Waals surface area contributed by atoms with Crippen molar-refractivity contribution in [3.8, 4) is 6.07 Å². The monoisotopic (exact) mass is 307 g/mol. The molecule has 0 saturated heterocycles. The average Bonchev–Trinajstić information content (AvgIpc) is 2.44. The van der Waals surface area contributed by atoms with Crippen LogP contribution in [0.3, 0.4) is 0 Å². The Morgan fingerprint density at radius 1 is 1.10 bits per heavy atom. The fraction of sp³-hybridized carbons (Fsp3) is 0.0667. The Balaban J connectivity index is 2.37. The second kappa shape index (κ2) is 6.04. The number of hydrogen-bond donors (Lipinski definition) is 0. The standard InChI is InChI=1S/C15H8Cl2FNO/c16-13-6-3-10(7-14(13)17)12(8-19)15(20)9-1-4-11(18)5-2-9/h1-7,12H. The van der Waals surface area contributed by atoms with E-state index in [4.69, 9.17) is 23.2 Å². The predicted octanol–water partition coefficient (Wildman–Crippen LogP) is 4.62. The van der Waals surface area contributed by atoms with Crippen molar-refractivity contribution in [1.29, 1.82) is 5.26 Å². The molecule has 0 heterocycles. The van der Waals surface area contributed by atoms with Gasteiger partial charge in [-0.3, -0.25) is 4.79 Å². The summed E-state index contributed by atoms with van der Waals surface area (Å²) in [7, 11) is 0. The third kappa shape index (κ3) is 2.98. The molecule has 0 aromatic heterocycles. The van der Waals surface area contributed by atoms with Gasteiger partial charge in [0.2, 0.25) is 0 Å². The van der Waals surface area contributed by atoms with Crippen molar-refractivity contribution in [2.24, 2.45) is 0 Å². The van der Waals surface area contributed by atoms with E-state index in [1.807, 2.05) is 6.07 Å². The van der Waals surface area contributed by atoms with Crippen LogP contribution in [-0.2, 0) is 0 Å². The van der Waals surface area contributed by atoms with Gasteiger partial charge in [0.15, 0.2) is 5.78 Å². The summed E-state index contributed by atoms with van der Waals surface area (Å²) >= 11 is 11.7. The Morgan fingerprint density at radius 3 is 2.30 bits per heavy atom. The topological polar surface area (TPSA) is 40.9 Å². The summed E-state index contributed by atoms with van der Waals surface area (Å²) in [5.41, 5.74) is 0.722. The molecule has 2 rings (SSSR count). The smallest absolute Gasteiger partial charge is 0.184 e. The first-order valence-electron chi connectivity index (χ1n) is 5.67. The Hall–Kier alpha value is -1.89. The van der Waals surface area contributed by atoms with E-state index in [2.05, 4.69) is 0 Å². The van der Waals surface area contributed by atoms with Crippen LogP contribution >= 0.6 is 23.2 Å². The van der Waals surface area contributed by atoms with Crippen molar-refractivity contribution in [3.63, 3.8) is 0 Å². The summed E-state index contributed by atoms with van der Waals surface area (Å²) in [6.45, 7) is 0. The maximum Gasteiger partial charge on any atom is 0.184 e. The number of rotatable bonds is 3. The molecule has 2 nitrogen and oxygen atoms in total. The van der Waals surface area contributed by atoms with Gasteiger partial charge in [-0.2, -0.15) is 5.26 Å². The molecule has 0 radical (unpaired) electrons. The molecule has 2 aromatic carbocycles. The van der Waals surface area contributed by atoms with Gasteiger partial charge in [-0.1, -0.05) is 29.3 Å². The number of carbonyl (C=O) groups excluding carboxylic acids is 1. The molecule has 0 N–H and O–H groups in total. The van der Waals surface area contributed by atoms with Gasteiger partial charge in [-0.15, -0.1) is 0 Å². The molecule has 1 atom stereocenters. The molecule has 100 valence electrons. The quantitative estimate of drug-likeness (QED) is 0.776. The zero-order valence-corrected chi connectivity index (χ0v) is 11.6. The molecule has 0 bridgehead atoms. The van der Waals surface area contributed by atoms with Crippen LogP contribution in [0.2, 0.25) is 10.0 Å². The van der Waals surface area contributed by atoms with Crippen LogP contribution in [-0.4, -0.2) is 5.78 Å². The highest BCUT2D eigenvalue weighted by atomic mass is 35.5. The third-order valence-corrected chi connectivity index (χ3v) is 3.54. The summed E-state index contributed by atoms with van der Waals surface area (Å²) in [6, 6.07) is 11.6. The van der Waals surface area contributed by atoms with Gasteiger partial charge in [-0.05, 0) is 42.0 Å². The Kier molecular flexibility index (Phi) is 4.39. The lowest BCUT2D eigenvalue weighted by atomic mass is 9.92. The van der Waals surface area contributed by atoms with Crippen LogP contribution in [0.1, 0.15) is 21.8 Å². The molecule has 5 heteroatoms. The maximum absolute atomic E-state index is 12.8. The fourth-order valence-electron chi connectivity index (χ4n) is 1.76. The molecule has 0 fully saturated rings. The summed E-state index contributed by atoms with van der Waals surface area (Å²) in [5.74, 6) is -1.86. The van der Waals surface area contributed by atoms with Gasteiger partial charge in [0, 0.05) is 5.56 Å². The lowest BCUT2D eigenvalue weighted by molar-refractivity contribution is 0.0979. The molecule has 0 spiro atoms. The van der Waals surface area contributed by atoms with Gasteiger partial charge in [0.1, 0.15) is 11.7 Å². The minimum atomic E-state index is -1.00. The molecule has 1 unspecified atom stereocenters. The molecule has 0 aliphatic carbocycles. The predicted molar refractivity (Wildman–Crippen MR) is 75.5 cm³/mol. The third-order valence-electron chi connectivity index (χ3n) is 2.80. The first-order chi connectivity index (χ1) is 9.52. The zero-order valence-electron chi connectivity index (χ0n) is 10.1. The van der Waals surface area contributed by atoms with Crippen LogP contribution in [0.25, 0.3) is 0 Å². The molecule has 0 amide bonds. The van der Waals surface area contributed by atoms with E-state index in [-0.39, 0.29) is 10.6 Å². The van der Waals surface area contributed by atoms with Crippen molar-refractivity contribution in [3.05, 3.63) is 69.5 Å². The van der Waals surface area contributed by atoms with E-state index in [0.717, 1.165) is 0 Å². The molecule has 0 saturated carbocycles. The molecule has 2 aromatic rings. The maximum atomic E-state index is 12.8. The number of hydrogen-bond acceptors (Lipinski definition) is 2. The highest BCUT2D eigenvalue weighted by Gasteiger charge is 2.22. The van der Waals surface area contributed by atoms with Crippen molar-refractivity contribution in [2.45, 2.75) is 5.92 Å². The fourth-order valence-corrected chi connectivity index (χ4v) is 2.06. The summed E-state index contributed by atoms with van der Waals surface area (Å²) in [4.78, 5) is 12.3.